The van der Waals surface area contributed by atoms with Gasteiger partial charge in [0.25, 0.3) is 0 Å². The van der Waals surface area contributed by atoms with Crippen LogP contribution in [0.3, 0.4) is 0 Å². The van der Waals surface area contributed by atoms with Crippen molar-refractivity contribution in [3.8, 4) is 17.0 Å². The van der Waals surface area contributed by atoms with Gasteiger partial charge >= 0.3 is 0 Å². The number of pyridine rings is 1. The molecule has 0 saturated heterocycles. The van der Waals surface area contributed by atoms with Crippen molar-refractivity contribution < 1.29 is 4.74 Å². The van der Waals surface area contributed by atoms with Crippen molar-refractivity contribution in [2.45, 2.75) is 33.2 Å². The van der Waals surface area contributed by atoms with Crippen LogP contribution in [0.1, 0.15) is 30.5 Å². The Balaban J connectivity index is 1.73. The van der Waals surface area contributed by atoms with Gasteiger partial charge in [-0.2, -0.15) is 0 Å². The first kappa shape index (κ1) is 18.3. The van der Waals surface area contributed by atoms with Crippen LogP contribution in [0.15, 0.2) is 67.0 Å². The Kier molecular flexibility index (Phi) is 5.16. The van der Waals surface area contributed by atoms with Gasteiger partial charge in [-0.3, -0.25) is 4.98 Å². The molecule has 142 valence electrons. The summed E-state index contributed by atoms with van der Waals surface area (Å²) in [6, 6.07) is 19.2. The third-order valence-electron chi connectivity index (χ3n) is 5.40. The van der Waals surface area contributed by atoms with Gasteiger partial charge in [0.05, 0.1) is 24.5 Å². The van der Waals surface area contributed by atoms with Crippen LogP contribution in [0.25, 0.3) is 22.2 Å². The summed E-state index contributed by atoms with van der Waals surface area (Å²) in [6.07, 6.45) is 6.18. The van der Waals surface area contributed by atoms with Gasteiger partial charge in [-0.1, -0.05) is 44.2 Å². The quantitative estimate of drug-likeness (QED) is 0.423. The number of hydrogen-bond donors (Lipinski definition) is 0. The second-order valence-corrected chi connectivity index (χ2v) is 7.08. The van der Waals surface area contributed by atoms with E-state index in [1.54, 1.807) is 7.11 Å². The van der Waals surface area contributed by atoms with E-state index in [0.29, 0.717) is 0 Å². The summed E-state index contributed by atoms with van der Waals surface area (Å²) < 4.78 is 7.59. The van der Waals surface area contributed by atoms with E-state index < -0.39 is 0 Å². The molecule has 0 aliphatic heterocycles. The predicted octanol–water partition coefficient (Wildman–Crippen LogP) is 5.89. The van der Waals surface area contributed by atoms with Crippen LogP contribution in [-0.2, 0) is 19.4 Å². The molecule has 0 aliphatic rings. The molecule has 2 aromatic heterocycles. The van der Waals surface area contributed by atoms with E-state index in [0.717, 1.165) is 36.3 Å². The Bertz CT molecular complexity index is 1090. The van der Waals surface area contributed by atoms with E-state index in [1.807, 2.05) is 18.3 Å². The molecule has 0 N–H and O–H groups in total. The zero-order chi connectivity index (χ0) is 19.5. The number of rotatable bonds is 6. The fourth-order valence-corrected chi connectivity index (χ4v) is 3.90. The smallest absolute Gasteiger partial charge is 0.119 e. The summed E-state index contributed by atoms with van der Waals surface area (Å²) in [4.78, 5) is 4.86. The van der Waals surface area contributed by atoms with Crippen LogP contribution in [0, 0.1) is 0 Å². The summed E-state index contributed by atoms with van der Waals surface area (Å²) in [5, 5.41) is 1.22. The molecule has 2 aromatic carbocycles. The van der Waals surface area contributed by atoms with Crippen LogP contribution >= 0.6 is 0 Å². The van der Waals surface area contributed by atoms with Crippen molar-refractivity contribution >= 4 is 10.9 Å². The first-order valence-corrected chi connectivity index (χ1v) is 9.92. The molecular weight excluding hydrogens is 344 g/mol. The molecule has 0 saturated carbocycles. The average molecular weight is 370 g/mol. The van der Waals surface area contributed by atoms with Gasteiger partial charge in [0.1, 0.15) is 5.75 Å². The monoisotopic (exact) mass is 370 g/mol. The SMILES string of the molecule is CCc1cccc(CC)c1-c1cc2ccn(Cc3cccc(OC)c3)c2cn1. The van der Waals surface area contributed by atoms with E-state index in [2.05, 4.69) is 67.1 Å². The molecule has 0 radical (unpaired) electrons. The molecule has 3 nitrogen and oxygen atoms in total. The lowest BCUT2D eigenvalue weighted by Gasteiger charge is -2.13. The summed E-state index contributed by atoms with van der Waals surface area (Å²) in [5.74, 6) is 0.887. The molecule has 3 heteroatoms. The van der Waals surface area contributed by atoms with Gasteiger partial charge in [-0.15, -0.1) is 0 Å². The molecule has 4 rings (SSSR count). The number of benzene rings is 2. The zero-order valence-electron chi connectivity index (χ0n) is 16.8. The largest absolute Gasteiger partial charge is 0.497 e. The molecule has 0 unspecified atom stereocenters. The lowest BCUT2D eigenvalue weighted by molar-refractivity contribution is 0.414. The third-order valence-corrected chi connectivity index (χ3v) is 5.40. The maximum absolute atomic E-state index is 5.35. The topological polar surface area (TPSA) is 27.1 Å². The molecule has 2 heterocycles. The zero-order valence-corrected chi connectivity index (χ0v) is 16.8. The minimum atomic E-state index is 0.799. The lowest BCUT2D eigenvalue weighted by Crippen LogP contribution is -1.99. The van der Waals surface area contributed by atoms with Gasteiger partial charge in [0.15, 0.2) is 0 Å². The second-order valence-electron chi connectivity index (χ2n) is 7.08. The van der Waals surface area contributed by atoms with Crippen LogP contribution in [0.2, 0.25) is 0 Å². The van der Waals surface area contributed by atoms with Gasteiger partial charge in [-0.05, 0) is 53.8 Å². The van der Waals surface area contributed by atoms with E-state index in [4.69, 9.17) is 9.72 Å². The van der Waals surface area contributed by atoms with E-state index >= 15 is 0 Å². The van der Waals surface area contributed by atoms with Crippen molar-refractivity contribution in [2.75, 3.05) is 7.11 Å². The highest BCUT2D eigenvalue weighted by atomic mass is 16.5. The second kappa shape index (κ2) is 7.89. The molecule has 0 fully saturated rings. The molecule has 4 aromatic rings. The number of aryl methyl sites for hydroxylation is 2. The normalized spacial score (nSPS) is 11.1. The standard InChI is InChI=1S/C25H26N2O/c1-4-19-9-7-10-20(5-2)25(19)23-15-21-12-13-27(24(21)16-26-23)17-18-8-6-11-22(14-18)28-3/h6-16H,4-5,17H2,1-3H3. The highest BCUT2D eigenvalue weighted by Crippen LogP contribution is 2.30. The number of hydrogen-bond acceptors (Lipinski definition) is 2. The van der Waals surface area contributed by atoms with Crippen LogP contribution in [0.4, 0.5) is 0 Å². The first-order chi connectivity index (χ1) is 13.7. The summed E-state index contributed by atoms with van der Waals surface area (Å²) in [7, 11) is 1.70. The highest BCUT2D eigenvalue weighted by molar-refractivity contribution is 5.84. The van der Waals surface area contributed by atoms with Crippen LogP contribution in [-0.4, -0.2) is 16.7 Å². The van der Waals surface area contributed by atoms with Crippen LogP contribution < -0.4 is 4.74 Å². The predicted molar refractivity (Wildman–Crippen MR) is 116 cm³/mol. The Labute approximate surface area is 166 Å². The Morgan fingerprint density at radius 1 is 0.929 bits per heavy atom. The number of ether oxygens (including phenoxy) is 1. The fraction of sp³-hybridized carbons (Fsp3) is 0.240. The van der Waals surface area contributed by atoms with E-state index in [9.17, 15) is 0 Å². The minimum absolute atomic E-state index is 0.799. The fourth-order valence-electron chi connectivity index (χ4n) is 3.90. The third kappa shape index (κ3) is 3.40. The lowest BCUT2D eigenvalue weighted by atomic mass is 9.94. The molecule has 0 atom stereocenters. The van der Waals surface area contributed by atoms with Gasteiger partial charge in [0.2, 0.25) is 0 Å². The maximum atomic E-state index is 5.35. The van der Waals surface area contributed by atoms with Gasteiger partial charge < -0.3 is 9.30 Å². The first-order valence-electron chi connectivity index (χ1n) is 9.92. The molecule has 0 spiro atoms. The summed E-state index contributed by atoms with van der Waals surface area (Å²) in [6.45, 7) is 5.22. The molecule has 0 bridgehead atoms. The van der Waals surface area contributed by atoms with E-state index in [-0.39, 0.29) is 0 Å². The van der Waals surface area contributed by atoms with Gasteiger partial charge in [0, 0.05) is 23.7 Å². The summed E-state index contributed by atoms with van der Waals surface area (Å²) in [5.41, 5.74) is 7.46. The van der Waals surface area contributed by atoms with Crippen molar-refractivity contribution in [1.82, 2.24) is 9.55 Å². The van der Waals surface area contributed by atoms with E-state index in [1.165, 1.54) is 27.6 Å². The minimum Gasteiger partial charge on any atom is -0.497 e. The number of fused-ring (bicyclic) bond motifs is 1. The van der Waals surface area contributed by atoms with Crippen molar-refractivity contribution in [1.29, 1.82) is 0 Å². The molecule has 0 amide bonds. The Morgan fingerprint density at radius 3 is 2.39 bits per heavy atom. The molecule has 0 aliphatic carbocycles. The average Bonchev–Trinajstić information content (AvgIpc) is 3.15. The van der Waals surface area contributed by atoms with Crippen molar-refractivity contribution in [2.24, 2.45) is 0 Å². The summed E-state index contributed by atoms with van der Waals surface area (Å²) >= 11 is 0. The number of aromatic nitrogens is 2. The van der Waals surface area contributed by atoms with Crippen molar-refractivity contribution in [3.63, 3.8) is 0 Å². The van der Waals surface area contributed by atoms with Crippen LogP contribution in [0.5, 0.6) is 5.75 Å². The molecular formula is C25H26N2O. The Morgan fingerprint density at radius 2 is 1.68 bits per heavy atom. The van der Waals surface area contributed by atoms with Crippen molar-refractivity contribution in [3.05, 3.63) is 83.7 Å². The number of nitrogens with zero attached hydrogens (tertiary/aromatic N) is 2. The maximum Gasteiger partial charge on any atom is 0.119 e. The molecule has 28 heavy (non-hydrogen) atoms. The Hall–Kier alpha value is -3.07. The van der Waals surface area contributed by atoms with Gasteiger partial charge in [-0.25, -0.2) is 0 Å². The highest BCUT2D eigenvalue weighted by Gasteiger charge is 2.12. The number of methoxy groups -OCH3 is 1.